The number of fused-ring (bicyclic) bond motifs is 1. The Kier molecular flexibility index (Phi) is 7.61. The molecule has 0 fully saturated rings. The average molecular weight is 560 g/mol. The van der Waals surface area contributed by atoms with Crippen LogP contribution >= 0.6 is 11.3 Å². The Morgan fingerprint density at radius 2 is 1.82 bits per heavy atom. The van der Waals surface area contributed by atoms with E-state index in [9.17, 15) is 9.59 Å². The van der Waals surface area contributed by atoms with Crippen molar-refractivity contribution >= 4 is 35.0 Å². The molecule has 0 saturated heterocycles. The van der Waals surface area contributed by atoms with Crippen LogP contribution in [-0.4, -0.2) is 45.5 Å². The lowest BCUT2D eigenvalue weighted by Crippen LogP contribution is -2.40. The summed E-state index contributed by atoms with van der Waals surface area (Å²) in [6.45, 7) is 1.91. The van der Waals surface area contributed by atoms with Crippen molar-refractivity contribution < 1.29 is 23.4 Å². The maximum Gasteiger partial charge on any atom is 0.338 e. The summed E-state index contributed by atoms with van der Waals surface area (Å²) in [5.74, 6) is 1.64. The molecule has 0 radical (unpaired) electrons. The SMILES string of the molecule is CCOC(=O)C1=C(c2ccccc2)N=c2s/c(=C\c3ccc(N(C)C)o3)c(=O)n2[C@@H]1c1ccc(OC)c(OC)c1. The van der Waals surface area contributed by atoms with Crippen molar-refractivity contribution in [2.75, 3.05) is 39.8 Å². The lowest BCUT2D eigenvalue weighted by atomic mass is 9.93. The number of hydrogen-bond acceptors (Lipinski definition) is 9. The Labute approximate surface area is 234 Å². The maximum absolute atomic E-state index is 14.0. The van der Waals surface area contributed by atoms with Gasteiger partial charge in [0.1, 0.15) is 5.76 Å². The molecule has 0 amide bonds. The van der Waals surface area contributed by atoms with Gasteiger partial charge in [-0.05, 0) is 30.7 Å². The molecule has 0 bridgehead atoms. The summed E-state index contributed by atoms with van der Waals surface area (Å²) in [5.41, 5.74) is 1.77. The summed E-state index contributed by atoms with van der Waals surface area (Å²) >= 11 is 1.23. The van der Waals surface area contributed by atoms with Crippen LogP contribution in [0.3, 0.4) is 0 Å². The number of benzene rings is 2. The van der Waals surface area contributed by atoms with Gasteiger partial charge < -0.3 is 23.5 Å². The molecule has 0 unspecified atom stereocenters. The second kappa shape index (κ2) is 11.3. The smallest absolute Gasteiger partial charge is 0.338 e. The third-order valence-electron chi connectivity index (χ3n) is 6.42. The molecular weight excluding hydrogens is 530 g/mol. The minimum absolute atomic E-state index is 0.167. The molecule has 2 aromatic heterocycles. The molecule has 0 saturated carbocycles. The van der Waals surface area contributed by atoms with E-state index in [2.05, 4.69) is 0 Å². The third kappa shape index (κ3) is 4.93. The van der Waals surface area contributed by atoms with Crippen LogP contribution < -0.4 is 29.3 Å². The fourth-order valence-electron chi connectivity index (χ4n) is 4.57. The second-order valence-corrected chi connectivity index (χ2v) is 10.1. The molecule has 0 spiro atoms. The summed E-state index contributed by atoms with van der Waals surface area (Å²) in [6, 6.07) is 17.5. The highest BCUT2D eigenvalue weighted by atomic mass is 32.1. The first-order chi connectivity index (χ1) is 19.4. The van der Waals surface area contributed by atoms with Crippen molar-refractivity contribution in [1.82, 2.24) is 4.57 Å². The van der Waals surface area contributed by atoms with Gasteiger partial charge in [-0.3, -0.25) is 9.36 Å². The molecule has 2 aromatic carbocycles. The second-order valence-electron chi connectivity index (χ2n) is 9.12. The van der Waals surface area contributed by atoms with Crippen molar-refractivity contribution in [3.63, 3.8) is 0 Å². The zero-order chi connectivity index (χ0) is 28.4. The Bertz CT molecular complexity index is 1760. The molecule has 9 nitrogen and oxygen atoms in total. The lowest BCUT2D eigenvalue weighted by molar-refractivity contribution is -0.138. The number of esters is 1. The van der Waals surface area contributed by atoms with Gasteiger partial charge in [-0.2, -0.15) is 0 Å². The number of anilines is 1. The lowest BCUT2D eigenvalue weighted by Gasteiger charge is -2.26. The molecular formula is C30H29N3O6S. The van der Waals surface area contributed by atoms with Crippen molar-refractivity contribution in [2.45, 2.75) is 13.0 Å². The van der Waals surface area contributed by atoms with Crippen LogP contribution in [0.5, 0.6) is 11.5 Å². The summed E-state index contributed by atoms with van der Waals surface area (Å²) < 4.78 is 24.3. The van der Waals surface area contributed by atoms with Crippen LogP contribution in [0.25, 0.3) is 11.8 Å². The zero-order valence-electron chi connectivity index (χ0n) is 22.8. The van der Waals surface area contributed by atoms with E-state index in [1.54, 1.807) is 38.3 Å². The Morgan fingerprint density at radius 3 is 2.48 bits per heavy atom. The standard InChI is InChI=1S/C30H29N3O6S/c1-6-38-29(35)25-26(18-10-8-7-9-11-18)31-30-33(27(25)19-12-14-21(36-4)22(16-19)37-5)28(34)23(40-30)17-20-13-15-24(39-20)32(2)3/h7-17,27H,6H2,1-5H3/b23-17-/t27-/m1/s1. The van der Waals surface area contributed by atoms with Crippen LogP contribution in [-0.2, 0) is 9.53 Å². The summed E-state index contributed by atoms with van der Waals surface area (Å²) in [4.78, 5) is 34.7. The molecule has 206 valence electrons. The van der Waals surface area contributed by atoms with Gasteiger partial charge in [-0.1, -0.05) is 47.7 Å². The predicted molar refractivity (Wildman–Crippen MR) is 154 cm³/mol. The molecule has 4 aromatic rings. The fourth-order valence-corrected chi connectivity index (χ4v) is 5.55. The van der Waals surface area contributed by atoms with Gasteiger partial charge in [0, 0.05) is 31.8 Å². The van der Waals surface area contributed by atoms with Gasteiger partial charge in [0.25, 0.3) is 5.56 Å². The number of furan rings is 1. The zero-order valence-corrected chi connectivity index (χ0v) is 23.7. The van der Waals surface area contributed by atoms with Gasteiger partial charge in [0.2, 0.25) is 0 Å². The van der Waals surface area contributed by atoms with E-state index in [0.717, 1.165) is 5.56 Å². The number of aromatic nitrogens is 1. The van der Waals surface area contributed by atoms with Crippen molar-refractivity contribution in [2.24, 2.45) is 4.99 Å². The van der Waals surface area contributed by atoms with Gasteiger partial charge in [0.05, 0.1) is 42.7 Å². The van der Waals surface area contributed by atoms with Crippen LogP contribution in [0.1, 0.15) is 29.9 Å². The first-order valence-corrected chi connectivity index (χ1v) is 13.5. The number of hydrogen-bond donors (Lipinski definition) is 0. The quantitative estimate of drug-likeness (QED) is 0.305. The highest BCUT2D eigenvalue weighted by molar-refractivity contribution is 7.07. The Morgan fingerprint density at radius 1 is 1.07 bits per heavy atom. The largest absolute Gasteiger partial charge is 0.493 e. The summed E-state index contributed by atoms with van der Waals surface area (Å²) in [7, 11) is 6.84. The fraction of sp³-hybridized carbons (Fsp3) is 0.233. The molecule has 1 aliphatic heterocycles. The first-order valence-electron chi connectivity index (χ1n) is 12.6. The van der Waals surface area contributed by atoms with E-state index >= 15 is 0 Å². The van der Waals surface area contributed by atoms with Gasteiger partial charge in [0.15, 0.2) is 22.2 Å². The van der Waals surface area contributed by atoms with Crippen LogP contribution in [0.15, 0.2) is 80.4 Å². The topological polar surface area (TPSA) is 95.5 Å². The number of thiazole rings is 1. The van der Waals surface area contributed by atoms with E-state index in [4.69, 9.17) is 23.6 Å². The van der Waals surface area contributed by atoms with Gasteiger partial charge >= 0.3 is 5.97 Å². The van der Waals surface area contributed by atoms with E-state index in [-0.39, 0.29) is 17.7 Å². The van der Waals surface area contributed by atoms with E-state index in [1.807, 2.05) is 61.5 Å². The molecule has 1 atom stereocenters. The molecule has 0 aliphatic carbocycles. The van der Waals surface area contributed by atoms with Gasteiger partial charge in [-0.15, -0.1) is 0 Å². The monoisotopic (exact) mass is 559 g/mol. The molecule has 10 heteroatoms. The Balaban J connectivity index is 1.82. The van der Waals surface area contributed by atoms with Crippen LogP contribution in [0.4, 0.5) is 5.88 Å². The number of nitrogens with zero attached hydrogens (tertiary/aromatic N) is 3. The Hall–Kier alpha value is -4.57. The number of ether oxygens (including phenoxy) is 3. The van der Waals surface area contributed by atoms with Crippen LogP contribution in [0.2, 0.25) is 0 Å². The number of carbonyl (C=O) groups excluding carboxylic acids is 1. The maximum atomic E-state index is 14.0. The summed E-state index contributed by atoms with van der Waals surface area (Å²) in [5, 5.41) is 0. The number of carbonyl (C=O) groups is 1. The van der Waals surface area contributed by atoms with Crippen molar-refractivity contribution in [1.29, 1.82) is 0 Å². The van der Waals surface area contributed by atoms with E-state index in [1.165, 1.54) is 23.0 Å². The molecule has 0 N–H and O–H groups in total. The number of methoxy groups -OCH3 is 2. The molecule has 3 heterocycles. The van der Waals surface area contributed by atoms with Crippen molar-refractivity contribution in [3.8, 4) is 11.5 Å². The minimum atomic E-state index is -0.832. The average Bonchev–Trinajstić information content (AvgIpc) is 3.56. The minimum Gasteiger partial charge on any atom is -0.493 e. The van der Waals surface area contributed by atoms with Crippen molar-refractivity contribution in [3.05, 3.63) is 103 Å². The first kappa shape index (κ1) is 27.0. The molecule has 1 aliphatic rings. The molecule has 5 rings (SSSR count). The normalized spacial score (nSPS) is 14.9. The highest BCUT2D eigenvalue weighted by Gasteiger charge is 2.35. The highest BCUT2D eigenvalue weighted by Crippen LogP contribution is 2.38. The molecule has 40 heavy (non-hydrogen) atoms. The van der Waals surface area contributed by atoms with Gasteiger partial charge in [-0.25, -0.2) is 9.79 Å². The van der Waals surface area contributed by atoms with E-state index in [0.29, 0.717) is 43.7 Å². The third-order valence-corrected chi connectivity index (χ3v) is 7.41. The van der Waals surface area contributed by atoms with Crippen LogP contribution in [0, 0.1) is 0 Å². The van der Waals surface area contributed by atoms with E-state index < -0.39 is 12.0 Å². The number of rotatable bonds is 8. The summed E-state index contributed by atoms with van der Waals surface area (Å²) in [6.07, 6.45) is 1.69. The predicted octanol–water partition coefficient (Wildman–Crippen LogP) is 3.61.